The molecule has 0 spiro atoms. The monoisotopic (exact) mass is 220 g/mol. The minimum atomic E-state index is -1.01. The number of anilines is 1. The Bertz CT molecular complexity index is 465. The first kappa shape index (κ1) is 11.9. The largest absolute Gasteiger partial charge is 0.480 e. The summed E-state index contributed by atoms with van der Waals surface area (Å²) < 4.78 is 0. The summed E-state index contributed by atoms with van der Waals surface area (Å²) in [6.45, 7) is 4.97. The van der Waals surface area contributed by atoms with Crippen LogP contribution in [0.2, 0.25) is 0 Å². The molecule has 0 amide bonds. The van der Waals surface area contributed by atoms with Crippen molar-refractivity contribution in [3.8, 4) is 6.07 Å². The smallest absolute Gasteiger partial charge is 0.325 e. The molecule has 1 aromatic heterocycles. The molecule has 0 fully saturated rings. The Labute approximate surface area is 92.9 Å². The number of aromatic nitrogens is 2. The highest BCUT2D eigenvalue weighted by Crippen LogP contribution is 2.17. The molecule has 6 nitrogen and oxygen atoms in total. The predicted octanol–water partition coefficient (Wildman–Crippen LogP) is 0.850. The van der Waals surface area contributed by atoms with Gasteiger partial charge in [-0.05, 0) is 26.3 Å². The van der Waals surface area contributed by atoms with Crippen LogP contribution in [0.15, 0.2) is 0 Å². The normalized spacial score (nSPS) is 11.6. The summed E-state index contributed by atoms with van der Waals surface area (Å²) in [7, 11) is 0. The van der Waals surface area contributed by atoms with Gasteiger partial charge in [-0.3, -0.25) is 4.79 Å². The fourth-order valence-electron chi connectivity index (χ4n) is 1.11. The van der Waals surface area contributed by atoms with Gasteiger partial charge in [-0.25, -0.2) is 0 Å². The van der Waals surface area contributed by atoms with E-state index >= 15 is 0 Å². The molecule has 2 N–H and O–H groups in total. The third-order valence-electron chi connectivity index (χ3n) is 2.29. The van der Waals surface area contributed by atoms with E-state index in [0.717, 1.165) is 0 Å². The Balaban J connectivity index is 3.11. The molecule has 0 saturated carbocycles. The summed E-state index contributed by atoms with van der Waals surface area (Å²) in [6, 6.07) is 1.17. The molecule has 0 radical (unpaired) electrons. The third-order valence-corrected chi connectivity index (χ3v) is 2.29. The van der Waals surface area contributed by atoms with Crippen LogP contribution in [0, 0.1) is 25.2 Å². The number of nitrogens with one attached hydrogen (secondary N) is 1. The van der Waals surface area contributed by atoms with E-state index in [9.17, 15) is 4.79 Å². The molecule has 0 aromatic carbocycles. The Hall–Kier alpha value is -2.16. The maximum absolute atomic E-state index is 10.7. The van der Waals surface area contributed by atoms with Crippen molar-refractivity contribution in [2.75, 3.05) is 5.32 Å². The summed E-state index contributed by atoms with van der Waals surface area (Å²) in [5, 5.41) is 28.0. The molecule has 1 unspecified atom stereocenters. The van der Waals surface area contributed by atoms with Gasteiger partial charge in [-0.1, -0.05) is 0 Å². The summed E-state index contributed by atoms with van der Waals surface area (Å²) in [5.74, 6) is -0.801. The summed E-state index contributed by atoms with van der Waals surface area (Å²) >= 11 is 0. The number of aliphatic carboxylic acids is 1. The topological polar surface area (TPSA) is 98.9 Å². The van der Waals surface area contributed by atoms with E-state index in [1.807, 2.05) is 6.07 Å². The van der Waals surface area contributed by atoms with Gasteiger partial charge in [0.2, 0.25) is 0 Å². The minimum Gasteiger partial charge on any atom is -0.480 e. The molecule has 6 heteroatoms. The first-order valence-electron chi connectivity index (χ1n) is 4.70. The van der Waals surface area contributed by atoms with Crippen LogP contribution in [0.1, 0.15) is 23.7 Å². The summed E-state index contributed by atoms with van der Waals surface area (Å²) in [6.07, 6.45) is 0. The number of rotatable bonds is 3. The molecule has 0 saturated heterocycles. The molecule has 1 atom stereocenters. The molecule has 0 aliphatic heterocycles. The van der Waals surface area contributed by atoms with Crippen molar-refractivity contribution in [3.05, 3.63) is 16.8 Å². The maximum atomic E-state index is 10.7. The Morgan fingerprint density at radius 3 is 2.62 bits per heavy atom. The van der Waals surface area contributed by atoms with Crippen molar-refractivity contribution in [2.24, 2.45) is 0 Å². The number of carboxylic acid groups (broad SMARTS) is 1. The highest BCUT2D eigenvalue weighted by molar-refractivity contribution is 5.77. The zero-order valence-electron chi connectivity index (χ0n) is 9.27. The highest BCUT2D eigenvalue weighted by Gasteiger charge is 2.16. The van der Waals surface area contributed by atoms with E-state index in [2.05, 4.69) is 15.5 Å². The molecular weight excluding hydrogens is 208 g/mol. The molecule has 0 aliphatic carbocycles. The standard InChI is InChI=1S/C10H12N4O2/c1-5-6(2)13-14-9(8(5)4-11)12-7(3)10(15)16/h7H,1-3H3,(H,12,14)(H,15,16). The SMILES string of the molecule is Cc1nnc(NC(C)C(=O)O)c(C#N)c1C. The van der Waals surface area contributed by atoms with Crippen molar-refractivity contribution < 1.29 is 9.90 Å². The van der Waals surface area contributed by atoms with Crippen molar-refractivity contribution >= 4 is 11.8 Å². The van der Waals surface area contributed by atoms with E-state index in [1.165, 1.54) is 6.92 Å². The second-order valence-electron chi connectivity index (χ2n) is 3.45. The van der Waals surface area contributed by atoms with Crippen molar-refractivity contribution in [2.45, 2.75) is 26.8 Å². The molecule has 1 heterocycles. The van der Waals surface area contributed by atoms with Crippen LogP contribution in [0.4, 0.5) is 5.82 Å². The van der Waals surface area contributed by atoms with Crippen LogP contribution in [0.5, 0.6) is 0 Å². The van der Waals surface area contributed by atoms with Crippen LogP contribution in [-0.4, -0.2) is 27.3 Å². The van der Waals surface area contributed by atoms with Gasteiger partial charge in [-0.2, -0.15) is 10.4 Å². The van der Waals surface area contributed by atoms with Gasteiger partial charge in [0.25, 0.3) is 0 Å². The molecule has 0 bridgehead atoms. The number of nitrogens with zero attached hydrogens (tertiary/aromatic N) is 3. The Morgan fingerprint density at radius 2 is 2.12 bits per heavy atom. The zero-order valence-corrected chi connectivity index (χ0v) is 9.27. The number of hydrogen-bond donors (Lipinski definition) is 2. The number of carboxylic acids is 1. The van der Waals surface area contributed by atoms with Crippen LogP contribution in [0.3, 0.4) is 0 Å². The van der Waals surface area contributed by atoms with E-state index in [-0.39, 0.29) is 5.82 Å². The van der Waals surface area contributed by atoms with Gasteiger partial charge in [0, 0.05) is 0 Å². The Morgan fingerprint density at radius 1 is 1.50 bits per heavy atom. The van der Waals surface area contributed by atoms with Gasteiger partial charge < -0.3 is 10.4 Å². The lowest BCUT2D eigenvalue weighted by molar-refractivity contribution is -0.137. The van der Waals surface area contributed by atoms with E-state index in [1.54, 1.807) is 13.8 Å². The van der Waals surface area contributed by atoms with Gasteiger partial charge in [0.05, 0.1) is 5.69 Å². The van der Waals surface area contributed by atoms with E-state index in [4.69, 9.17) is 10.4 Å². The summed E-state index contributed by atoms with van der Waals surface area (Å²) in [5.41, 5.74) is 1.70. The Kier molecular flexibility index (Phi) is 3.40. The fourth-order valence-corrected chi connectivity index (χ4v) is 1.11. The summed E-state index contributed by atoms with van der Waals surface area (Å²) in [4.78, 5) is 10.7. The van der Waals surface area contributed by atoms with E-state index in [0.29, 0.717) is 16.8 Å². The quantitative estimate of drug-likeness (QED) is 0.783. The fraction of sp³-hybridized carbons (Fsp3) is 0.400. The molecule has 84 valence electrons. The molecular formula is C10H12N4O2. The zero-order chi connectivity index (χ0) is 12.3. The van der Waals surface area contributed by atoms with Crippen LogP contribution in [-0.2, 0) is 4.79 Å². The molecule has 16 heavy (non-hydrogen) atoms. The number of aryl methyl sites for hydroxylation is 1. The van der Waals surface area contributed by atoms with Crippen LogP contribution < -0.4 is 5.32 Å². The number of hydrogen-bond acceptors (Lipinski definition) is 5. The second-order valence-corrected chi connectivity index (χ2v) is 3.45. The average Bonchev–Trinajstić information content (AvgIpc) is 2.23. The van der Waals surface area contributed by atoms with Crippen LogP contribution in [0.25, 0.3) is 0 Å². The molecule has 0 aliphatic rings. The minimum absolute atomic E-state index is 0.209. The third kappa shape index (κ3) is 2.25. The van der Waals surface area contributed by atoms with Crippen molar-refractivity contribution in [3.63, 3.8) is 0 Å². The van der Waals surface area contributed by atoms with Crippen molar-refractivity contribution in [1.29, 1.82) is 5.26 Å². The predicted molar refractivity (Wildman–Crippen MR) is 56.9 cm³/mol. The molecule has 1 rings (SSSR count). The number of carbonyl (C=O) groups is 1. The first-order chi connectivity index (χ1) is 7.47. The molecule has 1 aromatic rings. The van der Waals surface area contributed by atoms with E-state index < -0.39 is 12.0 Å². The number of nitriles is 1. The van der Waals surface area contributed by atoms with Gasteiger partial charge >= 0.3 is 5.97 Å². The lowest BCUT2D eigenvalue weighted by atomic mass is 10.1. The van der Waals surface area contributed by atoms with Crippen molar-refractivity contribution in [1.82, 2.24) is 10.2 Å². The van der Waals surface area contributed by atoms with Gasteiger partial charge in [0.15, 0.2) is 5.82 Å². The van der Waals surface area contributed by atoms with Crippen LogP contribution >= 0.6 is 0 Å². The lowest BCUT2D eigenvalue weighted by Gasteiger charge is -2.12. The average molecular weight is 220 g/mol. The van der Waals surface area contributed by atoms with Gasteiger partial charge in [-0.15, -0.1) is 5.10 Å². The van der Waals surface area contributed by atoms with Gasteiger partial charge in [0.1, 0.15) is 17.7 Å². The lowest BCUT2D eigenvalue weighted by Crippen LogP contribution is -2.26. The first-order valence-corrected chi connectivity index (χ1v) is 4.70. The second kappa shape index (κ2) is 4.57. The highest BCUT2D eigenvalue weighted by atomic mass is 16.4. The maximum Gasteiger partial charge on any atom is 0.325 e.